The molecule has 1 saturated heterocycles. The van der Waals surface area contributed by atoms with Crippen LogP contribution in [0.25, 0.3) is 0 Å². The van der Waals surface area contributed by atoms with Crippen LogP contribution in [0.15, 0.2) is 0 Å². The molecule has 0 amide bonds. The summed E-state index contributed by atoms with van der Waals surface area (Å²) < 4.78 is 0. The minimum absolute atomic E-state index is 0.251. The van der Waals surface area contributed by atoms with E-state index in [1.54, 1.807) is 0 Å². The van der Waals surface area contributed by atoms with Crippen molar-refractivity contribution in [2.45, 2.75) is 37.8 Å². The van der Waals surface area contributed by atoms with Crippen LogP contribution in [-0.4, -0.2) is 23.2 Å². The van der Waals surface area contributed by atoms with Gasteiger partial charge in [-0.05, 0) is 43.4 Å². The van der Waals surface area contributed by atoms with Gasteiger partial charge < -0.3 is 10.4 Å². The molecule has 1 heterocycles. The molecule has 3 fully saturated rings. The van der Waals surface area contributed by atoms with Gasteiger partial charge in [0.25, 0.3) is 0 Å². The Morgan fingerprint density at radius 3 is 2.69 bits per heavy atom. The number of hydrogen-bond donors (Lipinski definition) is 2. The molecule has 0 aromatic rings. The van der Waals surface area contributed by atoms with Gasteiger partial charge in [-0.25, -0.2) is 0 Å². The van der Waals surface area contributed by atoms with Gasteiger partial charge in [-0.2, -0.15) is 0 Å². The van der Waals surface area contributed by atoms with Crippen molar-refractivity contribution in [1.82, 2.24) is 5.32 Å². The Hall–Kier alpha value is -0.570. The number of rotatable bonds is 1. The van der Waals surface area contributed by atoms with Crippen LogP contribution < -0.4 is 5.32 Å². The molecule has 3 aliphatic rings. The number of hydrogen-bond acceptors (Lipinski definition) is 2. The second-order valence-corrected chi connectivity index (χ2v) is 4.82. The molecule has 1 aliphatic heterocycles. The quantitative estimate of drug-likeness (QED) is 0.630. The van der Waals surface area contributed by atoms with Crippen molar-refractivity contribution in [3.63, 3.8) is 0 Å². The highest BCUT2D eigenvalue weighted by Crippen LogP contribution is 2.52. The molecule has 3 nitrogen and oxygen atoms in total. The predicted molar refractivity (Wildman–Crippen MR) is 47.3 cm³/mol. The third-order valence-electron chi connectivity index (χ3n) is 4.29. The third-order valence-corrected chi connectivity index (χ3v) is 4.29. The summed E-state index contributed by atoms with van der Waals surface area (Å²) in [5, 5.41) is 12.2. The lowest BCUT2D eigenvalue weighted by atomic mass is 9.85. The average molecular weight is 181 g/mol. The maximum atomic E-state index is 10.8. The molecule has 0 aromatic carbocycles. The summed E-state index contributed by atoms with van der Waals surface area (Å²) >= 11 is 0. The predicted octanol–water partition coefficient (Wildman–Crippen LogP) is 0.848. The van der Waals surface area contributed by atoms with Gasteiger partial charge in [0.2, 0.25) is 0 Å². The molecule has 0 aromatic heterocycles. The van der Waals surface area contributed by atoms with E-state index in [1.165, 1.54) is 19.3 Å². The monoisotopic (exact) mass is 181 g/mol. The van der Waals surface area contributed by atoms with Gasteiger partial charge in [0.1, 0.15) is 6.04 Å². The second-order valence-electron chi connectivity index (χ2n) is 4.82. The molecule has 2 bridgehead atoms. The van der Waals surface area contributed by atoms with Gasteiger partial charge in [-0.3, -0.25) is 4.79 Å². The molecule has 5 atom stereocenters. The highest BCUT2D eigenvalue weighted by atomic mass is 16.4. The van der Waals surface area contributed by atoms with E-state index in [2.05, 4.69) is 5.32 Å². The highest BCUT2D eigenvalue weighted by molar-refractivity contribution is 5.74. The first kappa shape index (κ1) is 7.80. The van der Waals surface area contributed by atoms with Gasteiger partial charge in [0, 0.05) is 6.04 Å². The fourth-order valence-corrected chi connectivity index (χ4v) is 3.75. The lowest BCUT2D eigenvalue weighted by Crippen LogP contribution is -2.39. The van der Waals surface area contributed by atoms with Gasteiger partial charge >= 0.3 is 5.97 Å². The van der Waals surface area contributed by atoms with Crippen molar-refractivity contribution in [1.29, 1.82) is 0 Å². The van der Waals surface area contributed by atoms with E-state index in [1.807, 2.05) is 0 Å². The maximum Gasteiger partial charge on any atom is 0.320 e. The Morgan fingerprint density at radius 1 is 1.23 bits per heavy atom. The molecule has 2 N–H and O–H groups in total. The first-order chi connectivity index (χ1) is 6.25. The van der Waals surface area contributed by atoms with Crippen LogP contribution in [0, 0.1) is 17.8 Å². The number of carboxylic acids is 1. The van der Waals surface area contributed by atoms with E-state index in [9.17, 15) is 4.79 Å². The van der Waals surface area contributed by atoms with E-state index in [-0.39, 0.29) is 6.04 Å². The molecular formula is C10H15NO2. The summed E-state index contributed by atoms with van der Waals surface area (Å²) in [5.41, 5.74) is 0. The number of fused-ring (bicyclic) bond motifs is 5. The van der Waals surface area contributed by atoms with E-state index in [4.69, 9.17) is 5.11 Å². The first-order valence-electron chi connectivity index (χ1n) is 5.24. The number of carboxylic acid groups (broad SMARTS) is 1. The summed E-state index contributed by atoms with van der Waals surface area (Å²) in [6, 6.07) is 0.290. The molecule has 0 spiro atoms. The van der Waals surface area contributed by atoms with E-state index in [0.29, 0.717) is 12.0 Å². The Labute approximate surface area is 77.5 Å². The van der Waals surface area contributed by atoms with E-state index in [0.717, 1.165) is 18.3 Å². The minimum atomic E-state index is -0.659. The largest absolute Gasteiger partial charge is 0.480 e. The fourth-order valence-electron chi connectivity index (χ4n) is 3.75. The van der Waals surface area contributed by atoms with Crippen LogP contribution in [0.5, 0.6) is 0 Å². The minimum Gasteiger partial charge on any atom is -0.480 e. The van der Waals surface area contributed by atoms with Crippen molar-refractivity contribution in [2.75, 3.05) is 0 Å². The Morgan fingerprint density at radius 2 is 2.00 bits per heavy atom. The maximum absolute atomic E-state index is 10.8. The van der Waals surface area contributed by atoms with Crippen LogP contribution in [0.1, 0.15) is 25.7 Å². The Kier molecular flexibility index (Phi) is 1.48. The zero-order valence-corrected chi connectivity index (χ0v) is 7.57. The molecule has 72 valence electrons. The molecule has 13 heavy (non-hydrogen) atoms. The number of nitrogens with one attached hydrogen (secondary N) is 1. The number of carbonyl (C=O) groups is 1. The van der Waals surface area contributed by atoms with Crippen molar-refractivity contribution < 1.29 is 9.90 Å². The third kappa shape index (κ3) is 0.966. The van der Waals surface area contributed by atoms with Gasteiger partial charge in [0.15, 0.2) is 0 Å². The highest BCUT2D eigenvalue weighted by Gasteiger charge is 2.53. The summed E-state index contributed by atoms with van der Waals surface area (Å²) in [4.78, 5) is 10.8. The second kappa shape index (κ2) is 2.47. The lowest BCUT2D eigenvalue weighted by molar-refractivity contribution is -0.139. The zero-order chi connectivity index (χ0) is 9.00. The standard InChI is InChI=1S/C10H15NO2/c12-10(13)8-4-7-5-1-2-6(3-5)9(7)11-8/h5-9,11H,1-4H2,(H,12,13)/t5-,6+,7+,8+,9-/m0/s1. The van der Waals surface area contributed by atoms with Crippen LogP contribution in [-0.2, 0) is 4.79 Å². The molecular weight excluding hydrogens is 166 g/mol. The summed E-state index contributed by atoms with van der Waals surface area (Å²) in [6.45, 7) is 0. The topological polar surface area (TPSA) is 49.3 Å². The normalized spacial score (nSPS) is 52.5. The van der Waals surface area contributed by atoms with Crippen LogP contribution >= 0.6 is 0 Å². The summed E-state index contributed by atoms with van der Waals surface area (Å²) in [7, 11) is 0. The summed E-state index contributed by atoms with van der Waals surface area (Å²) in [5.74, 6) is 1.65. The van der Waals surface area contributed by atoms with Crippen LogP contribution in [0.3, 0.4) is 0 Å². The summed E-state index contributed by atoms with van der Waals surface area (Å²) in [6.07, 6.45) is 4.90. The van der Waals surface area contributed by atoms with Crippen molar-refractivity contribution in [3.05, 3.63) is 0 Å². The lowest BCUT2D eigenvalue weighted by Gasteiger charge is -2.23. The molecule has 2 saturated carbocycles. The van der Waals surface area contributed by atoms with Crippen LogP contribution in [0.2, 0.25) is 0 Å². The molecule has 3 rings (SSSR count). The number of aliphatic carboxylic acids is 1. The van der Waals surface area contributed by atoms with Crippen molar-refractivity contribution in [2.24, 2.45) is 17.8 Å². The SMILES string of the molecule is O=C(O)[C@H]1C[C@@H]2[C@H]3CC[C@H](C3)[C@@H]2N1. The first-order valence-corrected chi connectivity index (χ1v) is 5.24. The smallest absolute Gasteiger partial charge is 0.320 e. The molecule has 0 radical (unpaired) electrons. The van der Waals surface area contributed by atoms with Gasteiger partial charge in [0.05, 0.1) is 0 Å². The average Bonchev–Trinajstić information content (AvgIpc) is 2.76. The van der Waals surface area contributed by atoms with E-state index >= 15 is 0 Å². The van der Waals surface area contributed by atoms with Gasteiger partial charge in [-0.1, -0.05) is 0 Å². The van der Waals surface area contributed by atoms with E-state index < -0.39 is 5.97 Å². The van der Waals surface area contributed by atoms with Gasteiger partial charge in [-0.15, -0.1) is 0 Å². The molecule has 2 aliphatic carbocycles. The fraction of sp³-hybridized carbons (Fsp3) is 0.900. The Bertz CT molecular complexity index is 235. The van der Waals surface area contributed by atoms with Crippen LogP contribution in [0.4, 0.5) is 0 Å². The van der Waals surface area contributed by atoms with Crippen molar-refractivity contribution in [3.8, 4) is 0 Å². The zero-order valence-electron chi connectivity index (χ0n) is 7.57. The molecule has 0 unspecified atom stereocenters. The van der Waals surface area contributed by atoms with Crippen molar-refractivity contribution >= 4 is 5.97 Å². The Balaban J connectivity index is 1.79. The molecule has 3 heteroatoms.